The summed E-state index contributed by atoms with van der Waals surface area (Å²) >= 11 is 0. The maximum absolute atomic E-state index is 11.2. The maximum atomic E-state index is 11.2. The molecule has 14 heavy (non-hydrogen) atoms. The molecule has 3 heteroatoms. The maximum Gasteiger partial charge on any atom is 0.319 e. The van der Waals surface area contributed by atoms with Crippen LogP contribution in [-0.4, -0.2) is 15.7 Å². The molecule has 2 radical (unpaired) electrons. The molecule has 0 aliphatic carbocycles. The van der Waals surface area contributed by atoms with Crippen molar-refractivity contribution in [2.24, 2.45) is 11.8 Å². The lowest BCUT2D eigenvalue weighted by molar-refractivity contribution is -0.130. The van der Waals surface area contributed by atoms with Crippen molar-refractivity contribution in [2.75, 3.05) is 0 Å². The van der Waals surface area contributed by atoms with Crippen LogP contribution in [0.5, 0.6) is 0 Å². The summed E-state index contributed by atoms with van der Waals surface area (Å²) in [6.07, 6.45) is 0. The quantitative estimate of drug-likeness (QED) is 0.517. The number of rotatable bonds is 5. The molecule has 0 N–H and O–H groups in total. The molecule has 0 saturated heterocycles. The van der Waals surface area contributed by atoms with Crippen molar-refractivity contribution in [3.63, 3.8) is 0 Å². The summed E-state index contributed by atoms with van der Waals surface area (Å²) in [6.45, 7) is 13.9. The van der Waals surface area contributed by atoms with E-state index in [2.05, 4.69) is 34.3 Å². The van der Waals surface area contributed by atoms with Crippen LogP contribution in [0.4, 0.5) is 0 Å². The highest BCUT2D eigenvalue weighted by molar-refractivity contribution is 6.33. The van der Waals surface area contributed by atoms with Crippen molar-refractivity contribution in [1.29, 1.82) is 0 Å². The van der Waals surface area contributed by atoms with Crippen molar-refractivity contribution in [3.05, 3.63) is 12.2 Å². The van der Waals surface area contributed by atoms with Gasteiger partial charge < -0.3 is 4.43 Å². The Morgan fingerprint density at radius 1 is 1.21 bits per heavy atom. The summed E-state index contributed by atoms with van der Waals surface area (Å²) in [7, 11) is 0.247. The van der Waals surface area contributed by atoms with E-state index in [0.717, 1.165) is 0 Å². The molecule has 0 spiro atoms. The molecule has 0 aromatic rings. The lowest BCUT2D eigenvalue weighted by atomic mass is 10.00. The highest BCUT2D eigenvalue weighted by Crippen LogP contribution is 2.25. The van der Waals surface area contributed by atoms with E-state index in [1.54, 1.807) is 6.92 Å². The number of carbonyl (C=O) groups excluding carboxylic acids is 1. The van der Waals surface area contributed by atoms with Gasteiger partial charge in [0, 0.05) is 5.57 Å². The van der Waals surface area contributed by atoms with E-state index in [9.17, 15) is 4.79 Å². The minimum absolute atomic E-state index is 0.247. The van der Waals surface area contributed by atoms with E-state index in [1.807, 2.05) is 0 Å². The first-order valence-electron chi connectivity index (χ1n) is 4.98. The zero-order chi connectivity index (χ0) is 11.3. The van der Waals surface area contributed by atoms with Crippen molar-refractivity contribution in [3.8, 4) is 0 Å². The topological polar surface area (TPSA) is 26.3 Å². The van der Waals surface area contributed by atoms with Crippen LogP contribution in [0.25, 0.3) is 0 Å². The average molecular weight is 212 g/mol. The van der Waals surface area contributed by atoms with Gasteiger partial charge in [-0.1, -0.05) is 34.3 Å². The van der Waals surface area contributed by atoms with Crippen LogP contribution in [0, 0.1) is 11.8 Å². The molecule has 0 saturated carbocycles. The first kappa shape index (κ1) is 13.4. The normalized spacial score (nSPS) is 11.1. The third kappa shape index (κ3) is 4.60. The van der Waals surface area contributed by atoms with E-state index in [0.29, 0.717) is 23.0 Å². The van der Waals surface area contributed by atoms with Gasteiger partial charge in [0.15, 0.2) is 0 Å². The summed E-state index contributed by atoms with van der Waals surface area (Å²) in [5.41, 5.74) is 0.932. The molecule has 0 heterocycles. The van der Waals surface area contributed by atoms with Gasteiger partial charge in [0.2, 0.25) is 0 Å². The predicted molar refractivity (Wildman–Crippen MR) is 60.1 cm³/mol. The molecule has 0 aromatic carbocycles. The molecular weight excluding hydrogens is 192 g/mol. The van der Waals surface area contributed by atoms with Gasteiger partial charge in [0.1, 0.15) is 0 Å². The Hall–Kier alpha value is -0.573. The monoisotopic (exact) mass is 212 g/mol. The second-order valence-electron chi connectivity index (χ2n) is 4.30. The summed E-state index contributed by atoms with van der Waals surface area (Å²) in [4.78, 5) is 11.2. The third-order valence-corrected chi connectivity index (χ3v) is 3.98. The van der Waals surface area contributed by atoms with Gasteiger partial charge in [0.05, 0.1) is 0 Å². The standard InChI is InChI=1S/C11H20O2Si/c1-7(2)10(8(3)4)14-13-11(12)9(5)6/h7-8,10H,5H2,1-4,6H3. The molecule has 0 amide bonds. The third-order valence-electron chi connectivity index (χ3n) is 2.07. The molecular formula is C11H20O2Si. The van der Waals surface area contributed by atoms with E-state index in [-0.39, 0.29) is 15.7 Å². The van der Waals surface area contributed by atoms with Crippen LogP contribution in [0.2, 0.25) is 5.54 Å². The Labute approximate surface area is 89.7 Å². The van der Waals surface area contributed by atoms with E-state index in [1.165, 1.54) is 0 Å². The molecule has 0 aliphatic rings. The molecule has 0 aromatic heterocycles. The first-order chi connectivity index (χ1) is 6.36. The van der Waals surface area contributed by atoms with Crippen LogP contribution in [0.1, 0.15) is 34.6 Å². The molecule has 0 bridgehead atoms. The zero-order valence-corrected chi connectivity index (χ0v) is 10.8. The Morgan fingerprint density at radius 3 is 1.93 bits per heavy atom. The van der Waals surface area contributed by atoms with Crippen molar-refractivity contribution in [2.45, 2.75) is 40.2 Å². The average Bonchev–Trinajstić information content (AvgIpc) is 2.02. The highest BCUT2D eigenvalue weighted by atomic mass is 28.2. The van der Waals surface area contributed by atoms with Gasteiger partial charge in [-0.3, -0.25) is 0 Å². The summed E-state index contributed by atoms with van der Waals surface area (Å²) in [5, 5.41) is 0. The van der Waals surface area contributed by atoms with E-state index in [4.69, 9.17) is 4.43 Å². The molecule has 0 atom stereocenters. The fraction of sp³-hybridized carbons (Fsp3) is 0.727. The van der Waals surface area contributed by atoms with Crippen LogP contribution in [0.3, 0.4) is 0 Å². The predicted octanol–water partition coefficient (Wildman–Crippen LogP) is 2.83. The number of hydrogen-bond acceptors (Lipinski definition) is 2. The van der Waals surface area contributed by atoms with Gasteiger partial charge in [-0.2, -0.15) is 0 Å². The molecule has 80 valence electrons. The number of hydrogen-bond donors (Lipinski definition) is 0. The first-order valence-corrected chi connectivity index (χ1v) is 5.97. The largest absolute Gasteiger partial charge is 0.513 e. The summed E-state index contributed by atoms with van der Waals surface area (Å²) in [5.74, 6) is 0.826. The summed E-state index contributed by atoms with van der Waals surface area (Å²) in [6, 6.07) is 0. The smallest absolute Gasteiger partial charge is 0.319 e. The Morgan fingerprint density at radius 2 is 1.64 bits per heavy atom. The van der Waals surface area contributed by atoms with Gasteiger partial charge in [0.25, 0.3) is 0 Å². The second-order valence-corrected chi connectivity index (χ2v) is 5.41. The van der Waals surface area contributed by atoms with Crippen molar-refractivity contribution < 1.29 is 9.22 Å². The molecule has 2 nitrogen and oxygen atoms in total. The Kier molecular flexibility index (Phi) is 5.77. The minimum Gasteiger partial charge on any atom is -0.513 e. The van der Waals surface area contributed by atoms with E-state index < -0.39 is 0 Å². The van der Waals surface area contributed by atoms with Crippen molar-refractivity contribution in [1.82, 2.24) is 0 Å². The van der Waals surface area contributed by atoms with Gasteiger partial charge in [-0.05, 0) is 24.3 Å². The Bertz CT molecular complexity index is 201. The summed E-state index contributed by atoms with van der Waals surface area (Å²) < 4.78 is 5.18. The fourth-order valence-corrected chi connectivity index (χ4v) is 2.21. The number of carbonyl (C=O) groups is 1. The highest BCUT2D eigenvalue weighted by Gasteiger charge is 2.22. The van der Waals surface area contributed by atoms with Crippen LogP contribution in [0.15, 0.2) is 12.2 Å². The molecule has 0 fully saturated rings. The van der Waals surface area contributed by atoms with E-state index >= 15 is 0 Å². The van der Waals surface area contributed by atoms with Crippen LogP contribution >= 0.6 is 0 Å². The lowest BCUT2D eigenvalue weighted by Crippen LogP contribution is -2.21. The van der Waals surface area contributed by atoms with Gasteiger partial charge in [-0.15, -0.1) is 0 Å². The molecule has 0 rings (SSSR count). The lowest BCUT2D eigenvalue weighted by Gasteiger charge is -2.22. The molecule has 0 aliphatic heterocycles. The van der Waals surface area contributed by atoms with Crippen LogP contribution in [-0.2, 0) is 9.22 Å². The zero-order valence-electron chi connectivity index (χ0n) is 9.76. The Balaban J connectivity index is 4.07. The molecule has 0 unspecified atom stereocenters. The minimum atomic E-state index is -0.269. The fourth-order valence-electron chi connectivity index (χ4n) is 1.25. The van der Waals surface area contributed by atoms with Crippen molar-refractivity contribution >= 4 is 15.7 Å². The van der Waals surface area contributed by atoms with Gasteiger partial charge >= 0.3 is 15.7 Å². The van der Waals surface area contributed by atoms with Crippen LogP contribution < -0.4 is 0 Å². The SMILES string of the molecule is C=C(C)C(=O)O[Si]C(C(C)C)C(C)C. The van der Waals surface area contributed by atoms with Gasteiger partial charge in [-0.25, -0.2) is 4.79 Å². The second kappa shape index (κ2) is 6.01.